The molecule has 0 aliphatic rings. The summed E-state index contributed by atoms with van der Waals surface area (Å²) in [6.07, 6.45) is 0. The van der Waals surface area contributed by atoms with E-state index < -0.39 is 27.9 Å². The molecule has 0 heterocycles. The molecule has 0 amide bonds. The highest BCUT2D eigenvalue weighted by Crippen LogP contribution is 2.46. The average Bonchev–Trinajstić information content (AvgIpc) is 2.36. The van der Waals surface area contributed by atoms with Crippen LogP contribution in [0.3, 0.4) is 0 Å². The van der Waals surface area contributed by atoms with Crippen molar-refractivity contribution < 1.29 is 19.8 Å². The minimum atomic E-state index is -1.05. The van der Waals surface area contributed by atoms with E-state index in [2.05, 4.69) is 0 Å². The summed E-state index contributed by atoms with van der Waals surface area (Å²) in [4.78, 5) is 22.4. The molecule has 0 saturated heterocycles. The van der Waals surface area contributed by atoms with Crippen molar-refractivity contribution in [2.24, 2.45) is 5.41 Å². The van der Waals surface area contributed by atoms with Crippen molar-refractivity contribution in [3.05, 3.63) is 35.9 Å². The highest BCUT2D eigenvalue weighted by atomic mass is 32.2. The SMILES string of the molecule is CC(SC(c1ccccc1)C(C)(C)C(=O)O)C(=O)O. The molecule has 0 aliphatic carbocycles. The van der Waals surface area contributed by atoms with E-state index in [0.29, 0.717) is 0 Å². The molecule has 1 aromatic rings. The first-order chi connectivity index (χ1) is 8.76. The van der Waals surface area contributed by atoms with Gasteiger partial charge in [0.2, 0.25) is 0 Å². The molecule has 5 heteroatoms. The predicted octanol–water partition coefficient (Wildman–Crippen LogP) is 3.04. The number of thioether (sulfide) groups is 1. The van der Waals surface area contributed by atoms with Crippen LogP contribution in [-0.4, -0.2) is 27.4 Å². The van der Waals surface area contributed by atoms with Crippen molar-refractivity contribution in [3.8, 4) is 0 Å². The molecule has 0 spiro atoms. The third kappa shape index (κ3) is 3.73. The van der Waals surface area contributed by atoms with Crippen molar-refractivity contribution in [1.82, 2.24) is 0 Å². The van der Waals surface area contributed by atoms with E-state index in [4.69, 9.17) is 5.11 Å². The minimum Gasteiger partial charge on any atom is -0.481 e. The second kappa shape index (κ2) is 6.10. The number of hydrogen-bond acceptors (Lipinski definition) is 3. The number of rotatable bonds is 6. The van der Waals surface area contributed by atoms with Gasteiger partial charge < -0.3 is 10.2 Å². The Kier molecular flexibility index (Phi) is 5.00. The van der Waals surface area contributed by atoms with E-state index in [9.17, 15) is 14.7 Å². The lowest BCUT2D eigenvalue weighted by atomic mass is 9.85. The summed E-state index contributed by atoms with van der Waals surface area (Å²) in [5.41, 5.74) is -0.219. The van der Waals surface area contributed by atoms with Crippen LogP contribution in [0.15, 0.2) is 30.3 Å². The number of aliphatic carboxylic acids is 2. The fourth-order valence-electron chi connectivity index (χ4n) is 1.67. The van der Waals surface area contributed by atoms with E-state index in [-0.39, 0.29) is 0 Å². The fraction of sp³-hybridized carbons (Fsp3) is 0.429. The molecule has 0 aliphatic heterocycles. The van der Waals surface area contributed by atoms with E-state index in [1.54, 1.807) is 20.8 Å². The highest BCUT2D eigenvalue weighted by Gasteiger charge is 2.40. The maximum Gasteiger partial charge on any atom is 0.316 e. The molecule has 4 nitrogen and oxygen atoms in total. The summed E-state index contributed by atoms with van der Waals surface area (Å²) in [7, 11) is 0. The third-order valence-electron chi connectivity index (χ3n) is 3.00. The van der Waals surface area contributed by atoms with Gasteiger partial charge in [0.15, 0.2) is 0 Å². The minimum absolute atomic E-state index is 0.419. The summed E-state index contributed by atoms with van der Waals surface area (Å²) < 4.78 is 0. The fourth-order valence-corrected chi connectivity index (χ4v) is 2.95. The maximum atomic E-state index is 11.4. The van der Waals surface area contributed by atoms with Gasteiger partial charge in [-0.1, -0.05) is 30.3 Å². The van der Waals surface area contributed by atoms with Crippen LogP contribution >= 0.6 is 11.8 Å². The normalized spacial score (nSPS) is 14.7. The second-order valence-corrected chi connectivity index (χ2v) is 6.38. The molecule has 19 heavy (non-hydrogen) atoms. The summed E-state index contributed by atoms with van der Waals surface area (Å²) in [5.74, 6) is -1.88. The lowest BCUT2D eigenvalue weighted by Crippen LogP contribution is -2.31. The van der Waals surface area contributed by atoms with Crippen LogP contribution in [0.2, 0.25) is 0 Å². The first-order valence-electron chi connectivity index (χ1n) is 5.93. The van der Waals surface area contributed by atoms with E-state index in [0.717, 1.165) is 17.3 Å². The standard InChI is InChI=1S/C14H18O4S/c1-9(12(15)16)19-11(14(2,3)13(17)18)10-7-5-4-6-8-10/h4-9,11H,1-3H3,(H,15,16)(H,17,18). The van der Waals surface area contributed by atoms with Gasteiger partial charge in [0.1, 0.15) is 5.25 Å². The zero-order valence-corrected chi connectivity index (χ0v) is 12.0. The van der Waals surface area contributed by atoms with Crippen LogP contribution in [-0.2, 0) is 9.59 Å². The van der Waals surface area contributed by atoms with Gasteiger partial charge in [-0.25, -0.2) is 0 Å². The van der Waals surface area contributed by atoms with Gasteiger partial charge in [0.05, 0.1) is 5.41 Å². The van der Waals surface area contributed by atoms with Gasteiger partial charge in [-0.2, -0.15) is 0 Å². The molecule has 2 N–H and O–H groups in total. The summed E-state index contributed by atoms with van der Waals surface area (Å²) >= 11 is 1.16. The molecule has 0 bridgehead atoms. The van der Waals surface area contributed by atoms with E-state index in [1.165, 1.54) is 0 Å². The zero-order valence-electron chi connectivity index (χ0n) is 11.2. The molecule has 0 saturated carbocycles. The molecule has 0 aromatic heterocycles. The second-order valence-electron chi connectivity index (χ2n) is 4.93. The summed E-state index contributed by atoms with van der Waals surface area (Å²) in [6.45, 7) is 4.81. The van der Waals surface area contributed by atoms with Gasteiger partial charge in [-0.3, -0.25) is 9.59 Å². The van der Waals surface area contributed by atoms with Gasteiger partial charge in [-0.05, 0) is 26.3 Å². The predicted molar refractivity (Wildman–Crippen MR) is 75.3 cm³/mol. The largest absolute Gasteiger partial charge is 0.481 e. The number of hydrogen-bond donors (Lipinski definition) is 2. The van der Waals surface area contributed by atoms with Crippen molar-refractivity contribution in [2.75, 3.05) is 0 Å². The quantitative estimate of drug-likeness (QED) is 0.838. The Bertz CT molecular complexity index is 456. The first-order valence-corrected chi connectivity index (χ1v) is 6.87. The Balaban J connectivity index is 3.12. The number of benzene rings is 1. The Labute approximate surface area is 116 Å². The van der Waals surface area contributed by atoms with Crippen LogP contribution in [0.25, 0.3) is 0 Å². The van der Waals surface area contributed by atoms with Crippen molar-refractivity contribution >= 4 is 23.7 Å². The highest BCUT2D eigenvalue weighted by molar-refractivity contribution is 8.00. The zero-order chi connectivity index (χ0) is 14.6. The Morgan fingerprint density at radius 3 is 2.11 bits per heavy atom. The molecular weight excluding hydrogens is 264 g/mol. The van der Waals surface area contributed by atoms with Crippen LogP contribution in [0.1, 0.15) is 31.6 Å². The van der Waals surface area contributed by atoms with Gasteiger partial charge in [0, 0.05) is 5.25 Å². The molecule has 104 valence electrons. The topological polar surface area (TPSA) is 74.6 Å². The summed E-state index contributed by atoms with van der Waals surface area (Å²) in [6, 6.07) is 9.16. The average molecular weight is 282 g/mol. The Morgan fingerprint density at radius 2 is 1.68 bits per heavy atom. The third-order valence-corrected chi connectivity index (χ3v) is 4.74. The van der Waals surface area contributed by atoms with Crippen molar-refractivity contribution in [3.63, 3.8) is 0 Å². The number of carboxylic acids is 2. The van der Waals surface area contributed by atoms with E-state index >= 15 is 0 Å². The van der Waals surface area contributed by atoms with Crippen LogP contribution in [0.5, 0.6) is 0 Å². The lowest BCUT2D eigenvalue weighted by Gasteiger charge is -2.31. The molecular formula is C14H18O4S. The van der Waals surface area contributed by atoms with Crippen molar-refractivity contribution in [1.29, 1.82) is 0 Å². The smallest absolute Gasteiger partial charge is 0.316 e. The van der Waals surface area contributed by atoms with Crippen LogP contribution < -0.4 is 0 Å². The van der Waals surface area contributed by atoms with E-state index in [1.807, 2.05) is 30.3 Å². The van der Waals surface area contributed by atoms with Gasteiger partial charge in [0.25, 0.3) is 0 Å². The Morgan fingerprint density at radius 1 is 1.16 bits per heavy atom. The van der Waals surface area contributed by atoms with Crippen LogP contribution in [0.4, 0.5) is 0 Å². The first kappa shape index (κ1) is 15.6. The monoisotopic (exact) mass is 282 g/mol. The molecule has 1 rings (SSSR count). The molecule has 2 atom stereocenters. The molecule has 2 unspecified atom stereocenters. The van der Waals surface area contributed by atoms with Gasteiger partial charge >= 0.3 is 11.9 Å². The molecule has 0 radical (unpaired) electrons. The number of carbonyl (C=O) groups is 2. The van der Waals surface area contributed by atoms with Gasteiger partial charge in [-0.15, -0.1) is 11.8 Å². The molecule has 1 aromatic carbocycles. The van der Waals surface area contributed by atoms with Crippen LogP contribution in [0, 0.1) is 5.41 Å². The Hall–Kier alpha value is -1.49. The maximum absolute atomic E-state index is 11.4. The van der Waals surface area contributed by atoms with Crippen molar-refractivity contribution in [2.45, 2.75) is 31.3 Å². The lowest BCUT2D eigenvalue weighted by molar-refractivity contribution is -0.147. The summed E-state index contributed by atoms with van der Waals surface area (Å²) in [5, 5.41) is 17.3. The number of carboxylic acid groups (broad SMARTS) is 2. The molecule has 0 fully saturated rings.